The van der Waals surface area contributed by atoms with Crippen LogP contribution in [0.3, 0.4) is 0 Å². The van der Waals surface area contributed by atoms with Crippen molar-refractivity contribution in [2.24, 2.45) is 0 Å². The van der Waals surface area contributed by atoms with Crippen molar-refractivity contribution >= 4 is 23.4 Å². The van der Waals surface area contributed by atoms with E-state index in [9.17, 15) is 0 Å². The molecule has 0 aliphatic heterocycles. The number of rotatable bonds is 6. The SMILES string of the molecule is COc1cc(C)ccc1-c1cc(Nc2cc(CSC)ccn2)ncn1. The highest BCUT2D eigenvalue weighted by Crippen LogP contribution is 2.30. The molecule has 2 heterocycles. The van der Waals surface area contributed by atoms with Crippen molar-refractivity contribution in [2.75, 3.05) is 18.7 Å². The van der Waals surface area contributed by atoms with Crippen molar-refractivity contribution in [3.63, 3.8) is 0 Å². The van der Waals surface area contributed by atoms with Gasteiger partial charge in [-0.25, -0.2) is 15.0 Å². The predicted octanol–water partition coefficient (Wildman–Crippen LogP) is 4.46. The first-order valence-electron chi connectivity index (χ1n) is 7.87. The van der Waals surface area contributed by atoms with E-state index in [4.69, 9.17) is 4.74 Å². The highest BCUT2D eigenvalue weighted by atomic mass is 32.2. The van der Waals surface area contributed by atoms with Gasteiger partial charge in [-0.1, -0.05) is 6.07 Å². The number of hydrogen-bond donors (Lipinski definition) is 1. The van der Waals surface area contributed by atoms with E-state index in [1.54, 1.807) is 31.4 Å². The molecule has 128 valence electrons. The molecule has 3 rings (SSSR count). The Kier molecular flexibility index (Phi) is 5.50. The first-order chi connectivity index (χ1) is 12.2. The fourth-order valence-corrected chi connectivity index (χ4v) is 3.03. The summed E-state index contributed by atoms with van der Waals surface area (Å²) in [6.07, 6.45) is 5.43. The molecular formula is C19H20N4OS. The lowest BCUT2D eigenvalue weighted by Gasteiger charge is -2.11. The lowest BCUT2D eigenvalue weighted by atomic mass is 10.1. The summed E-state index contributed by atoms with van der Waals surface area (Å²) in [5.41, 5.74) is 4.10. The molecule has 1 aromatic carbocycles. The minimum absolute atomic E-state index is 0.696. The lowest BCUT2D eigenvalue weighted by Crippen LogP contribution is -1.99. The first-order valence-corrected chi connectivity index (χ1v) is 9.27. The Labute approximate surface area is 151 Å². The van der Waals surface area contributed by atoms with Gasteiger partial charge >= 0.3 is 0 Å². The van der Waals surface area contributed by atoms with E-state index in [0.717, 1.165) is 34.1 Å². The molecule has 0 atom stereocenters. The molecule has 0 aliphatic rings. The maximum atomic E-state index is 5.49. The van der Waals surface area contributed by atoms with Gasteiger partial charge in [-0.3, -0.25) is 0 Å². The standard InChI is InChI=1S/C19H20N4OS/c1-13-4-5-15(17(8-13)24-2)16-10-19(22-12-21-16)23-18-9-14(11-25-3)6-7-20-18/h4-10,12H,11H2,1-3H3,(H,20,21,22,23). The summed E-state index contributed by atoms with van der Waals surface area (Å²) < 4.78 is 5.49. The molecule has 0 bridgehead atoms. The van der Waals surface area contributed by atoms with Gasteiger partial charge in [0.05, 0.1) is 12.8 Å². The molecule has 6 heteroatoms. The third kappa shape index (κ3) is 4.28. The highest BCUT2D eigenvalue weighted by molar-refractivity contribution is 7.97. The summed E-state index contributed by atoms with van der Waals surface area (Å²) in [6, 6.07) is 12.0. The Bertz CT molecular complexity index is 870. The Balaban J connectivity index is 1.88. The van der Waals surface area contributed by atoms with Crippen LogP contribution in [0.25, 0.3) is 11.3 Å². The molecule has 0 saturated heterocycles. The zero-order valence-electron chi connectivity index (χ0n) is 14.5. The molecule has 2 aromatic heterocycles. The van der Waals surface area contributed by atoms with Gasteiger partial charge in [0.25, 0.3) is 0 Å². The molecule has 0 radical (unpaired) electrons. The van der Waals surface area contributed by atoms with E-state index in [1.165, 1.54) is 5.56 Å². The second-order valence-electron chi connectivity index (χ2n) is 5.60. The third-order valence-electron chi connectivity index (χ3n) is 3.69. The normalized spacial score (nSPS) is 10.5. The fraction of sp³-hybridized carbons (Fsp3) is 0.211. The van der Waals surface area contributed by atoms with Crippen molar-refractivity contribution in [3.05, 3.63) is 60.0 Å². The number of aromatic nitrogens is 3. The maximum absolute atomic E-state index is 5.49. The number of benzene rings is 1. The first kappa shape index (κ1) is 17.2. The monoisotopic (exact) mass is 352 g/mol. The fourth-order valence-electron chi connectivity index (χ4n) is 2.51. The molecule has 0 aliphatic carbocycles. The summed E-state index contributed by atoms with van der Waals surface area (Å²) in [6.45, 7) is 2.03. The van der Waals surface area contributed by atoms with E-state index in [1.807, 2.05) is 43.3 Å². The maximum Gasteiger partial charge on any atom is 0.135 e. The van der Waals surface area contributed by atoms with E-state index in [2.05, 4.69) is 26.5 Å². The average Bonchev–Trinajstić information content (AvgIpc) is 2.62. The van der Waals surface area contributed by atoms with Crippen molar-refractivity contribution in [1.82, 2.24) is 15.0 Å². The minimum Gasteiger partial charge on any atom is -0.496 e. The van der Waals surface area contributed by atoms with Crippen molar-refractivity contribution < 1.29 is 4.74 Å². The van der Waals surface area contributed by atoms with Gasteiger partial charge in [0.2, 0.25) is 0 Å². The Morgan fingerprint density at radius 2 is 1.88 bits per heavy atom. The van der Waals surface area contributed by atoms with Crippen LogP contribution in [-0.4, -0.2) is 28.3 Å². The molecule has 0 spiro atoms. The van der Waals surface area contributed by atoms with Crippen LogP contribution in [-0.2, 0) is 5.75 Å². The molecule has 3 aromatic rings. The van der Waals surface area contributed by atoms with E-state index in [0.29, 0.717) is 5.82 Å². The third-order valence-corrected chi connectivity index (χ3v) is 4.31. The van der Waals surface area contributed by atoms with Gasteiger partial charge in [0, 0.05) is 23.6 Å². The second-order valence-corrected chi connectivity index (χ2v) is 6.47. The van der Waals surface area contributed by atoms with Crippen LogP contribution in [0.4, 0.5) is 11.6 Å². The van der Waals surface area contributed by atoms with E-state index < -0.39 is 0 Å². The number of pyridine rings is 1. The number of thioether (sulfide) groups is 1. The topological polar surface area (TPSA) is 59.9 Å². The van der Waals surface area contributed by atoms with Crippen LogP contribution in [0.15, 0.2) is 48.9 Å². The van der Waals surface area contributed by atoms with Crippen LogP contribution < -0.4 is 10.1 Å². The molecular weight excluding hydrogens is 332 g/mol. The van der Waals surface area contributed by atoms with Crippen LogP contribution in [0, 0.1) is 6.92 Å². The number of nitrogens with zero attached hydrogens (tertiary/aromatic N) is 3. The summed E-state index contributed by atoms with van der Waals surface area (Å²) in [5, 5.41) is 3.25. The van der Waals surface area contributed by atoms with Crippen LogP contribution >= 0.6 is 11.8 Å². The van der Waals surface area contributed by atoms with E-state index >= 15 is 0 Å². The molecule has 25 heavy (non-hydrogen) atoms. The predicted molar refractivity (Wildman–Crippen MR) is 103 cm³/mol. The smallest absolute Gasteiger partial charge is 0.135 e. The van der Waals surface area contributed by atoms with Crippen LogP contribution in [0.5, 0.6) is 5.75 Å². The van der Waals surface area contributed by atoms with Gasteiger partial charge in [-0.15, -0.1) is 0 Å². The van der Waals surface area contributed by atoms with Gasteiger partial charge in [-0.05, 0) is 48.6 Å². The summed E-state index contributed by atoms with van der Waals surface area (Å²) >= 11 is 1.78. The lowest BCUT2D eigenvalue weighted by molar-refractivity contribution is 0.416. The van der Waals surface area contributed by atoms with Crippen molar-refractivity contribution in [2.45, 2.75) is 12.7 Å². The Morgan fingerprint density at radius 3 is 2.68 bits per heavy atom. The average molecular weight is 352 g/mol. The number of methoxy groups -OCH3 is 1. The Morgan fingerprint density at radius 1 is 1.04 bits per heavy atom. The molecule has 1 N–H and O–H groups in total. The highest BCUT2D eigenvalue weighted by Gasteiger charge is 2.09. The molecule has 0 amide bonds. The zero-order valence-corrected chi connectivity index (χ0v) is 15.3. The van der Waals surface area contributed by atoms with Crippen LogP contribution in [0.1, 0.15) is 11.1 Å². The molecule has 0 saturated carbocycles. The second kappa shape index (κ2) is 7.98. The Hall–Kier alpha value is -2.60. The number of hydrogen-bond acceptors (Lipinski definition) is 6. The zero-order chi connectivity index (χ0) is 17.6. The molecule has 0 unspecified atom stereocenters. The van der Waals surface area contributed by atoms with Gasteiger partial charge in [0.15, 0.2) is 0 Å². The van der Waals surface area contributed by atoms with Crippen molar-refractivity contribution in [1.29, 1.82) is 0 Å². The summed E-state index contributed by atoms with van der Waals surface area (Å²) in [7, 11) is 1.67. The summed E-state index contributed by atoms with van der Waals surface area (Å²) in [4.78, 5) is 13.0. The van der Waals surface area contributed by atoms with E-state index in [-0.39, 0.29) is 0 Å². The number of ether oxygens (including phenoxy) is 1. The minimum atomic E-state index is 0.696. The van der Waals surface area contributed by atoms with Gasteiger partial charge in [0.1, 0.15) is 23.7 Å². The number of anilines is 2. The largest absolute Gasteiger partial charge is 0.496 e. The number of nitrogens with one attached hydrogen (secondary N) is 1. The van der Waals surface area contributed by atoms with Crippen molar-refractivity contribution in [3.8, 4) is 17.0 Å². The van der Waals surface area contributed by atoms with Gasteiger partial charge < -0.3 is 10.1 Å². The molecule has 5 nitrogen and oxygen atoms in total. The quantitative estimate of drug-likeness (QED) is 0.707. The molecule has 0 fully saturated rings. The number of aryl methyl sites for hydroxylation is 1. The van der Waals surface area contributed by atoms with Gasteiger partial charge in [-0.2, -0.15) is 11.8 Å². The summed E-state index contributed by atoms with van der Waals surface area (Å²) in [5.74, 6) is 3.21. The van der Waals surface area contributed by atoms with Crippen LogP contribution in [0.2, 0.25) is 0 Å².